The predicted molar refractivity (Wildman–Crippen MR) is 56.4 cm³/mol. The van der Waals surface area contributed by atoms with Gasteiger partial charge in [0.05, 0.1) is 0 Å². The maximum atomic E-state index is 8.77. The van der Waals surface area contributed by atoms with Crippen molar-refractivity contribution in [2.75, 3.05) is 13.2 Å². The maximum absolute atomic E-state index is 8.77. The zero-order chi connectivity index (χ0) is 11.0. The molecular formula is C9H21N3O2. The second-order valence-corrected chi connectivity index (χ2v) is 3.98. The Morgan fingerprint density at radius 1 is 1.50 bits per heavy atom. The number of amidine groups is 1. The molecule has 0 bridgehead atoms. The molecule has 0 saturated heterocycles. The van der Waals surface area contributed by atoms with E-state index in [0.29, 0.717) is 6.42 Å². The monoisotopic (exact) mass is 203 g/mol. The van der Waals surface area contributed by atoms with Crippen molar-refractivity contribution in [3.8, 4) is 0 Å². The van der Waals surface area contributed by atoms with E-state index in [0.717, 1.165) is 19.4 Å². The Kier molecular flexibility index (Phi) is 6.23. The first-order chi connectivity index (χ1) is 6.52. The van der Waals surface area contributed by atoms with Crippen molar-refractivity contribution in [1.82, 2.24) is 5.32 Å². The summed E-state index contributed by atoms with van der Waals surface area (Å²) in [5.41, 5.74) is 5.26. The van der Waals surface area contributed by atoms with E-state index in [-0.39, 0.29) is 18.0 Å². The summed E-state index contributed by atoms with van der Waals surface area (Å²) in [7, 11) is 0. The number of aliphatic hydroxyl groups is 1. The molecule has 14 heavy (non-hydrogen) atoms. The summed E-state index contributed by atoms with van der Waals surface area (Å²) < 4.78 is 0. The molecule has 0 aromatic carbocycles. The van der Waals surface area contributed by atoms with Gasteiger partial charge in [-0.2, -0.15) is 0 Å². The molecule has 0 atom stereocenters. The van der Waals surface area contributed by atoms with Gasteiger partial charge in [0.15, 0.2) is 0 Å². The third kappa shape index (κ3) is 6.68. The molecule has 0 saturated carbocycles. The maximum Gasteiger partial charge on any atom is 0.139 e. The van der Waals surface area contributed by atoms with Crippen LogP contribution in [0.1, 0.15) is 33.1 Å². The second-order valence-electron chi connectivity index (χ2n) is 3.98. The molecule has 0 unspecified atom stereocenters. The van der Waals surface area contributed by atoms with Gasteiger partial charge in [0.2, 0.25) is 0 Å². The molecule has 5 nitrogen and oxygen atoms in total. The Hall–Kier alpha value is -0.810. The summed E-state index contributed by atoms with van der Waals surface area (Å²) in [6.45, 7) is 5.04. The van der Waals surface area contributed by atoms with Crippen LogP contribution in [0.3, 0.4) is 0 Å². The highest BCUT2D eigenvalue weighted by Crippen LogP contribution is 2.06. The predicted octanol–water partition coefficient (Wildman–Crippen LogP) is 0.264. The fourth-order valence-electron chi connectivity index (χ4n) is 1.11. The van der Waals surface area contributed by atoms with Crippen molar-refractivity contribution in [2.45, 2.75) is 38.6 Å². The molecule has 0 radical (unpaired) electrons. The summed E-state index contributed by atoms with van der Waals surface area (Å²) >= 11 is 0. The van der Waals surface area contributed by atoms with Crippen LogP contribution in [0.2, 0.25) is 0 Å². The Bertz CT molecular complexity index is 181. The Morgan fingerprint density at radius 3 is 2.64 bits per heavy atom. The van der Waals surface area contributed by atoms with E-state index in [4.69, 9.17) is 16.0 Å². The van der Waals surface area contributed by atoms with Crippen molar-refractivity contribution in [2.24, 2.45) is 10.9 Å². The highest BCUT2D eigenvalue weighted by Gasteiger charge is 2.14. The smallest absolute Gasteiger partial charge is 0.139 e. The molecule has 0 aromatic heterocycles. The van der Waals surface area contributed by atoms with Crippen molar-refractivity contribution < 1.29 is 10.3 Å². The lowest BCUT2D eigenvalue weighted by atomic mass is 10.0. The molecular weight excluding hydrogens is 182 g/mol. The number of aliphatic hydroxyl groups excluding tert-OH is 1. The van der Waals surface area contributed by atoms with Crippen LogP contribution < -0.4 is 11.1 Å². The lowest BCUT2D eigenvalue weighted by Gasteiger charge is -2.25. The van der Waals surface area contributed by atoms with Crippen LogP contribution in [-0.4, -0.2) is 34.8 Å². The van der Waals surface area contributed by atoms with Gasteiger partial charge in [-0.05, 0) is 33.2 Å². The average Bonchev–Trinajstić information content (AvgIpc) is 2.12. The van der Waals surface area contributed by atoms with E-state index < -0.39 is 0 Å². The van der Waals surface area contributed by atoms with Crippen LogP contribution >= 0.6 is 0 Å². The van der Waals surface area contributed by atoms with Crippen LogP contribution in [-0.2, 0) is 0 Å². The number of rotatable bonds is 7. The molecule has 5 heteroatoms. The number of hydrogen-bond donors (Lipinski definition) is 4. The molecule has 5 N–H and O–H groups in total. The number of oxime groups is 1. The minimum atomic E-state index is -0.0557. The van der Waals surface area contributed by atoms with E-state index in [1.807, 2.05) is 13.8 Å². The first kappa shape index (κ1) is 13.2. The fraction of sp³-hybridized carbons (Fsp3) is 0.889. The Morgan fingerprint density at radius 2 is 2.14 bits per heavy atom. The van der Waals surface area contributed by atoms with Gasteiger partial charge in [-0.1, -0.05) is 5.16 Å². The third-order valence-corrected chi connectivity index (χ3v) is 2.08. The second kappa shape index (κ2) is 6.62. The molecule has 0 rings (SSSR count). The number of nitrogens with one attached hydrogen (secondary N) is 1. The summed E-state index contributed by atoms with van der Waals surface area (Å²) in [5, 5.41) is 23.2. The third-order valence-electron chi connectivity index (χ3n) is 2.08. The number of nitrogens with two attached hydrogens (primary N) is 1. The highest BCUT2D eigenvalue weighted by molar-refractivity contribution is 5.79. The molecule has 0 aliphatic carbocycles. The van der Waals surface area contributed by atoms with Crippen LogP contribution in [0.5, 0.6) is 0 Å². The van der Waals surface area contributed by atoms with Gasteiger partial charge in [-0.3, -0.25) is 0 Å². The molecule has 0 aliphatic heterocycles. The van der Waals surface area contributed by atoms with E-state index >= 15 is 0 Å². The van der Waals surface area contributed by atoms with Crippen LogP contribution in [0.15, 0.2) is 5.16 Å². The average molecular weight is 203 g/mol. The molecule has 0 amide bonds. The van der Waals surface area contributed by atoms with Gasteiger partial charge < -0.3 is 21.4 Å². The van der Waals surface area contributed by atoms with Crippen LogP contribution in [0.4, 0.5) is 0 Å². The Labute approximate surface area is 85.0 Å². The summed E-state index contributed by atoms with van der Waals surface area (Å²) in [6.07, 6.45) is 2.13. The first-order valence-corrected chi connectivity index (χ1v) is 4.84. The molecule has 0 aromatic rings. The standard InChI is InChI=1S/C9H21N3O2/c1-9(2,5-7-13)11-6-3-4-8(10)12-14/h11,13-14H,3-7H2,1-2H3,(H2,10,12). The van der Waals surface area contributed by atoms with Gasteiger partial charge in [-0.25, -0.2) is 0 Å². The van der Waals surface area contributed by atoms with Crippen LogP contribution in [0, 0.1) is 0 Å². The van der Waals surface area contributed by atoms with Gasteiger partial charge in [0, 0.05) is 18.6 Å². The van der Waals surface area contributed by atoms with Crippen molar-refractivity contribution >= 4 is 5.84 Å². The molecule has 84 valence electrons. The van der Waals surface area contributed by atoms with E-state index in [2.05, 4.69) is 10.5 Å². The lowest BCUT2D eigenvalue weighted by molar-refractivity contribution is 0.231. The van der Waals surface area contributed by atoms with Crippen molar-refractivity contribution in [1.29, 1.82) is 0 Å². The summed E-state index contributed by atoms with van der Waals surface area (Å²) in [4.78, 5) is 0. The van der Waals surface area contributed by atoms with E-state index in [9.17, 15) is 0 Å². The Balaban J connectivity index is 3.53. The molecule has 0 aliphatic rings. The largest absolute Gasteiger partial charge is 0.409 e. The molecule has 0 spiro atoms. The minimum Gasteiger partial charge on any atom is -0.409 e. The van der Waals surface area contributed by atoms with E-state index in [1.165, 1.54) is 0 Å². The van der Waals surface area contributed by atoms with Gasteiger partial charge in [-0.15, -0.1) is 0 Å². The van der Waals surface area contributed by atoms with Gasteiger partial charge in [0.25, 0.3) is 0 Å². The topological polar surface area (TPSA) is 90.9 Å². The zero-order valence-electron chi connectivity index (χ0n) is 8.95. The fourth-order valence-corrected chi connectivity index (χ4v) is 1.11. The SMILES string of the molecule is CC(C)(CCO)NCCCC(N)=NO. The minimum absolute atomic E-state index is 0.0557. The van der Waals surface area contributed by atoms with Gasteiger partial charge >= 0.3 is 0 Å². The number of nitrogens with zero attached hydrogens (tertiary/aromatic N) is 1. The van der Waals surface area contributed by atoms with Gasteiger partial charge in [0.1, 0.15) is 5.84 Å². The van der Waals surface area contributed by atoms with Crippen LogP contribution in [0.25, 0.3) is 0 Å². The summed E-state index contributed by atoms with van der Waals surface area (Å²) in [5.74, 6) is 0.256. The van der Waals surface area contributed by atoms with Crippen molar-refractivity contribution in [3.63, 3.8) is 0 Å². The normalized spacial score (nSPS) is 13.2. The molecule has 0 heterocycles. The molecule has 0 fully saturated rings. The number of hydrogen-bond acceptors (Lipinski definition) is 4. The lowest BCUT2D eigenvalue weighted by Crippen LogP contribution is -2.40. The summed E-state index contributed by atoms with van der Waals surface area (Å²) in [6, 6.07) is 0. The van der Waals surface area contributed by atoms with E-state index in [1.54, 1.807) is 0 Å². The zero-order valence-corrected chi connectivity index (χ0v) is 8.95. The van der Waals surface area contributed by atoms with Crippen molar-refractivity contribution in [3.05, 3.63) is 0 Å². The quantitative estimate of drug-likeness (QED) is 0.157. The first-order valence-electron chi connectivity index (χ1n) is 4.84. The highest BCUT2D eigenvalue weighted by atomic mass is 16.4.